The quantitative estimate of drug-likeness (QED) is 0.655. The van der Waals surface area contributed by atoms with Gasteiger partial charge in [0.15, 0.2) is 0 Å². The minimum absolute atomic E-state index is 0.0724. The minimum Gasteiger partial charge on any atom is -0.496 e. The van der Waals surface area contributed by atoms with Gasteiger partial charge in [-0.05, 0) is 62.6 Å². The molecule has 9 heteroatoms. The van der Waals surface area contributed by atoms with Gasteiger partial charge >= 0.3 is 5.97 Å². The Morgan fingerprint density at radius 2 is 1.81 bits per heavy atom. The number of esters is 1. The molecule has 2 aromatic rings. The predicted octanol–water partition coefficient (Wildman–Crippen LogP) is 3.22. The Balaban J connectivity index is 1.93. The monoisotopic (exact) mass is 446 g/mol. The van der Waals surface area contributed by atoms with Crippen molar-refractivity contribution < 1.29 is 27.5 Å². The zero-order valence-corrected chi connectivity index (χ0v) is 18.6. The van der Waals surface area contributed by atoms with Crippen LogP contribution in [0.15, 0.2) is 41.3 Å². The Bertz CT molecular complexity index is 1090. The first-order chi connectivity index (χ1) is 14.8. The summed E-state index contributed by atoms with van der Waals surface area (Å²) in [5, 5.41) is 0. The van der Waals surface area contributed by atoms with E-state index in [1.165, 1.54) is 31.4 Å². The highest BCUT2D eigenvalue weighted by Gasteiger charge is 2.25. The fraction of sp³-hybridized carbons (Fsp3) is 0.364. The molecule has 0 unspecified atom stereocenters. The van der Waals surface area contributed by atoms with E-state index in [0.29, 0.717) is 24.4 Å². The maximum absolute atomic E-state index is 13.1. The fourth-order valence-electron chi connectivity index (χ4n) is 3.39. The van der Waals surface area contributed by atoms with Crippen LogP contribution in [0.2, 0.25) is 0 Å². The standard InChI is InChI=1S/C22H26N2O6S/c1-4-30-22(26)16-8-7-15(2)19(13-16)23-31(27,28)17-9-10-20(29-3)18(14-17)21(25)24-11-5-6-12-24/h7-10,13-14,23H,4-6,11-12H2,1-3H3. The second-order valence-corrected chi connectivity index (χ2v) is 8.90. The Labute approximate surface area is 182 Å². The smallest absolute Gasteiger partial charge is 0.338 e. The molecule has 0 atom stereocenters. The van der Waals surface area contributed by atoms with Crippen molar-refractivity contribution in [2.24, 2.45) is 0 Å². The van der Waals surface area contributed by atoms with E-state index < -0.39 is 16.0 Å². The number of nitrogens with zero attached hydrogens (tertiary/aromatic N) is 1. The van der Waals surface area contributed by atoms with E-state index in [1.807, 2.05) is 0 Å². The molecule has 8 nitrogen and oxygen atoms in total. The van der Waals surface area contributed by atoms with Gasteiger partial charge in [-0.2, -0.15) is 0 Å². The van der Waals surface area contributed by atoms with Crippen LogP contribution in [0, 0.1) is 6.92 Å². The van der Waals surface area contributed by atoms with Crippen LogP contribution < -0.4 is 9.46 Å². The number of hydrogen-bond acceptors (Lipinski definition) is 6. The van der Waals surface area contributed by atoms with Crippen LogP contribution >= 0.6 is 0 Å². The number of nitrogens with one attached hydrogen (secondary N) is 1. The molecule has 1 saturated heterocycles. The normalized spacial score (nSPS) is 13.7. The fourth-order valence-corrected chi connectivity index (χ4v) is 4.54. The van der Waals surface area contributed by atoms with Crippen molar-refractivity contribution in [3.63, 3.8) is 0 Å². The van der Waals surface area contributed by atoms with Crippen LogP contribution in [-0.4, -0.2) is 52.0 Å². The van der Waals surface area contributed by atoms with Crippen LogP contribution in [0.1, 0.15) is 46.0 Å². The molecule has 1 aliphatic rings. The number of sulfonamides is 1. The molecule has 1 fully saturated rings. The van der Waals surface area contributed by atoms with Gasteiger partial charge in [0.1, 0.15) is 5.75 Å². The van der Waals surface area contributed by atoms with Gasteiger partial charge < -0.3 is 14.4 Å². The molecule has 0 radical (unpaired) electrons. The average molecular weight is 447 g/mol. The average Bonchev–Trinajstić information content (AvgIpc) is 3.29. The van der Waals surface area contributed by atoms with Crippen LogP contribution in [0.4, 0.5) is 5.69 Å². The number of methoxy groups -OCH3 is 1. The highest BCUT2D eigenvalue weighted by molar-refractivity contribution is 7.92. The SMILES string of the molecule is CCOC(=O)c1ccc(C)c(NS(=O)(=O)c2ccc(OC)c(C(=O)N3CCCC3)c2)c1. The van der Waals surface area contributed by atoms with E-state index in [9.17, 15) is 18.0 Å². The summed E-state index contributed by atoms with van der Waals surface area (Å²) in [6.07, 6.45) is 1.84. The molecule has 3 rings (SSSR count). The van der Waals surface area contributed by atoms with Crippen molar-refractivity contribution in [1.82, 2.24) is 4.90 Å². The Hall–Kier alpha value is -3.07. The van der Waals surface area contributed by atoms with E-state index >= 15 is 0 Å². The molecule has 0 aliphatic carbocycles. The van der Waals surface area contributed by atoms with Gasteiger partial charge in [-0.25, -0.2) is 13.2 Å². The number of carbonyl (C=O) groups is 2. The second-order valence-electron chi connectivity index (χ2n) is 7.22. The molecule has 31 heavy (non-hydrogen) atoms. The molecule has 0 aromatic heterocycles. The van der Waals surface area contributed by atoms with Gasteiger partial charge in [0.2, 0.25) is 0 Å². The summed E-state index contributed by atoms with van der Waals surface area (Å²) in [6, 6.07) is 8.83. The lowest BCUT2D eigenvalue weighted by atomic mass is 10.1. The zero-order valence-electron chi connectivity index (χ0n) is 17.8. The summed E-state index contributed by atoms with van der Waals surface area (Å²) in [5.41, 5.74) is 1.33. The summed E-state index contributed by atoms with van der Waals surface area (Å²) in [4.78, 5) is 26.5. The van der Waals surface area contributed by atoms with Gasteiger partial charge in [0.05, 0.1) is 35.4 Å². The number of rotatable bonds is 7. The van der Waals surface area contributed by atoms with Crippen molar-refractivity contribution in [2.45, 2.75) is 31.6 Å². The molecule has 1 aliphatic heterocycles. The largest absolute Gasteiger partial charge is 0.496 e. The predicted molar refractivity (Wildman–Crippen MR) is 116 cm³/mol. The number of likely N-dealkylation sites (tertiary alicyclic amines) is 1. The molecular formula is C22H26N2O6S. The van der Waals surface area contributed by atoms with E-state index in [0.717, 1.165) is 12.8 Å². The molecule has 0 saturated carbocycles. The van der Waals surface area contributed by atoms with Crippen molar-refractivity contribution in [3.05, 3.63) is 53.1 Å². The number of benzene rings is 2. The highest BCUT2D eigenvalue weighted by atomic mass is 32.2. The van der Waals surface area contributed by atoms with E-state index in [2.05, 4.69) is 4.72 Å². The first kappa shape index (κ1) is 22.6. The second kappa shape index (κ2) is 9.38. The summed E-state index contributed by atoms with van der Waals surface area (Å²) in [6.45, 7) is 4.91. The van der Waals surface area contributed by atoms with Gasteiger partial charge in [0.25, 0.3) is 15.9 Å². The molecule has 166 valence electrons. The summed E-state index contributed by atoms with van der Waals surface area (Å²) in [5.74, 6) is -0.478. The molecule has 0 bridgehead atoms. The van der Waals surface area contributed by atoms with Gasteiger partial charge in [-0.15, -0.1) is 0 Å². The number of carbonyl (C=O) groups excluding carboxylic acids is 2. The van der Waals surface area contributed by atoms with Gasteiger partial charge in [-0.1, -0.05) is 6.07 Å². The lowest BCUT2D eigenvalue weighted by Gasteiger charge is -2.18. The minimum atomic E-state index is -4.02. The number of aryl methyl sites for hydroxylation is 1. The van der Waals surface area contributed by atoms with Crippen LogP contribution in [-0.2, 0) is 14.8 Å². The maximum Gasteiger partial charge on any atom is 0.338 e. The van der Waals surface area contributed by atoms with Crippen molar-refractivity contribution >= 4 is 27.6 Å². The van der Waals surface area contributed by atoms with Gasteiger partial charge in [-0.3, -0.25) is 9.52 Å². The Morgan fingerprint density at radius 3 is 2.45 bits per heavy atom. The molecule has 0 spiro atoms. The van der Waals surface area contributed by atoms with Crippen molar-refractivity contribution in [1.29, 1.82) is 0 Å². The molecular weight excluding hydrogens is 420 g/mol. The van der Waals surface area contributed by atoms with Gasteiger partial charge in [0, 0.05) is 13.1 Å². The van der Waals surface area contributed by atoms with E-state index in [4.69, 9.17) is 9.47 Å². The third-order valence-corrected chi connectivity index (χ3v) is 6.46. The third-order valence-electron chi connectivity index (χ3n) is 5.10. The number of ether oxygens (including phenoxy) is 2. The Kier molecular flexibility index (Phi) is 6.84. The summed E-state index contributed by atoms with van der Waals surface area (Å²) in [7, 11) is -2.59. The maximum atomic E-state index is 13.1. The van der Waals surface area contributed by atoms with Crippen molar-refractivity contribution in [3.8, 4) is 5.75 Å². The highest BCUT2D eigenvalue weighted by Crippen LogP contribution is 2.27. The number of hydrogen-bond donors (Lipinski definition) is 1. The van der Waals surface area contributed by atoms with E-state index in [1.54, 1.807) is 30.9 Å². The molecule has 2 aromatic carbocycles. The topological polar surface area (TPSA) is 102 Å². The molecule has 1 N–H and O–H groups in total. The number of amides is 1. The van der Waals surface area contributed by atoms with Crippen LogP contribution in [0.25, 0.3) is 0 Å². The van der Waals surface area contributed by atoms with Crippen LogP contribution in [0.3, 0.4) is 0 Å². The summed E-state index contributed by atoms with van der Waals surface area (Å²) >= 11 is 0. The lowest BCUT2D eigenvalue weighted by molar-refractivity contribution is 0.0526. The number of anilines is 1. The Morgan fingerprint density at radius 1 is 1.10 bits per heavy atom. The first-order valence-electron chi connectivity index (χ1n) is 10.0. The molecule has 1 heterocycles. The lowest BCUT2D eigenvalue weighted by Crippen LogP contribution is -2.28. The van der Waals surface area contributed by atoms with E-state index in [-0.39, 0.29) is 34.2 Å². The summed E-state index contributed by atoms with van der Waals surface area (Å²) < 4.78 is 38.9. The third kappa shape index (κ3) is 4.99. The van der Waals surface area contributed by atoms with Crippen LogP contribution in [0.5, 0.6) is 5.75 Å². The molecule has 1 amide bonds. The first-order valence-corrected chi connectivity index (χ1v) is 11.5. The zero-order chi connectivity index (χ0) is 22.6. The van der Waals surface area contributed by atoms with Crippen molar-refractivity contribution in [2.75, 3.05) is 31.5 Å².